The molecule has 33 heavy (non-hydrogen) atoms. The van der Waals surface area contributed by atoms with Gasteiger partial charge >= 0.3 is 6.18 Å². The number of benzene rings is 1. The first-order valence-corrected chi connectivity index (χ1v) is 11.7. The zero-order valence-corrected chi connectivity index (χ0v) is 18.4. The zero-order chi connectivity index (χ0) is 23.2. The number of piperidine rings is 1. The van der Waals surface area contributed by atoms with E-state index in [0.717, 1.165) is 66.6 Å². The number of amides is 2. The molecule has 2 aromatic rings. The van der Waals surface area contributed by atoms with Crippen LogP contribution in [0.1, 0.15) is 41.9 Å². The summed E-state index contributed by atoms with van der Waals surface area (Å²) in [5.74, 6) is 1.04. The maximum atomic E-state index is 12.8. The van der Waals surface area contributed by atoms with Gasteiger partial charge in [0.05, 0.1) is 12.1 Å². The van der Waals surface area contributed by atoms with Crippen molar-refractivity contribution < 1.29 is 27.5 Å². The van der Waals surface area contributed by atoms with E-state index in [4.69, 9.17) is 4.74 Å². The number of carbonyl (C=O) groups is 2. The maximum absolute atomic E-state index is 12.8. The standard InChI is InChI=1S/C23H22F3N3O3S/c24-23(25,26)14-4-8-19(27-11-14)29-9-1-2-16(12-29)32-15-5-7-17-13(10-15)3-6-18(17)20-21(30)28-22(31)33-20/h4-5,7-8,10-11,16,18,20H,1-3,6,9,12H2,(H,28,30,31)/t16-,18+,20?/m0/s1. The summed E-state index contributed by atoms with van der Waals surface area (Å²) < 4.78 is 44.6. The van der Waals surface area contributed by atoms with E-state index in [1.165, 1.54) is 6.07 Å². The van der Waals surface area contributed by atoms with Gasteiger partial charge in [-0.3, -0.25) is 14.9 Å². The Morgan fingerprint density at radius 3 is 2.70 bits per heavy atom. The van der Waals surface area contributed by atoms with Gasteiger partial charge in [0.25, 0.3) is 5.24 Å². The quantitative estimate of drug-likeness (QED) is 0.698. The Balaban J connectivity index is 1.25. The van der Waals surface area contributed by atoms with Crippen LogP contribution in [-0.4, -0.2) is 40.6 Å². The number of alkyl halides is 3. The third-order valence-corrected chi connectivity index (χ3v) is 7.51. The Morgan fingerprint density at radius 1 is 1.15 bits per heavy atom. The lowest BCUT2D eigenvalue weighted by Crippen LogP contribution is -2.41. The summed E-state index contributed by atoms with van der Waals surface area (Å²) in [6.45, 7) is 1.25. The second-order valence-corrected chi connectivity index (χ2v) is 9.67. The number of nitrogens with one attached hydrogen (secondary N) is 1. The van der Waals surface area contributed by atoms with Crippen LogP contribution in [0.25, 0.3) is 0 Å². The normalized spacial score (nSPS) is 25.2. The fourth-order valence-electron chi connectivity index (χ4n) is 4.83. The monoisotopic (exact) mass is 477 g/mol. The summed E-state index contributed by atoms with van der Waals surface area (Å²) in [5.41, 5.74) is 1.46. The summed E-state index contributed by atoms with van der Waals surface area (Å²) in [4.78, 5) is 29.6. The summed E-state index contributed by atoms with van der Waals surface area (Å²) in [5, 5.41) is 1.69. The van der Waals surface area contributed by atoms with Crippen LogP contribution in [0.4, 0.5) is 23.8 Å². The molecule has 0 radical (unpaired) electrons. The Labute approximate surface area is 192 Å². The average Bonchev–Trinajstić information content (AvgIpc) is 3.35. The summed E-state index contributed by atoms with van der Waals surface area (Å²) in [7, 11) is 0. The molecule has 2 aliphatic heterocycles. The lowest BCUT2D eigenvalue weighted by atomic mass is 9.97. The molecule has 1 aromatic carbocycles. The molecule has 2 amide bonds. The second kappa shape index (κ2) is 8.55. The van der Waals surface area contributed by atoms with Crippen LogP contribution < -0.4 is 15.0 Å². The number of imide groups is 1. The molecular formula is C23H22F3N3O3S. The highest BCUT2D eigenvalue weighted by molar-refractivity contribution is 8.15. The largest absolute Gasteiger partial charge is 0.489 e. The van der Waals surface area contributed by atoms with Crippen molar-refractivity contribution in [2.45, 2.75) is 49.1 Å². The van der Waals surface area contributed by atoms with Gasteiger partial charge in [-0.15, -0.1) is 0 Å². The molecule has 1 aliphatic carbocycles. The van der Waals surface area contributed by atoms with Crippen LogP contribution in [0.3, 0.4) is 0 Å². The van der Waals surface area contributed by atoms with Crippen molar-refractivity contribution >= 4 is 28.7 Å². The van der Waals surface area contributed by atoms with Gasteiger partial charge in [-0.05, 0) is 61.1 Å². The lowest BCUT2D eigenvalue weighted by molar-refractivity contribution is -0.137. The minimum Gasteiger partial charge on any atom is -0.489 e. The zero-order valence-electron chi connectivity index (χ0n) is 17.6. The van der Waals surface area contributed by atoms with Gasteiger partial charge in [0, 0.05) is 18.7 Å². The van der Waals surface area contributed by atoms with Gasteiger partial charge in [0.1, 0.15) is 22.9 Å². The highest BCUT2D eigenvalue weighted by Crippen LogP contribution is 2.43. The van der Waals surface area contributed by atoms with E-state index >= 15 is 0 Å². The SMILES string of the molecule is O=C1NC(=O)C([C@@H]2CCc3cc(O[C@H]4CCCN(c5ccc(C(F)(F)F)cn5)C4)ccc32)S1. The van der Waals surface area contributed by atoms with Crippen LogP contribution in [0.15, 0.2) is 36.5 Å². The van der Waals surface area contributed by atoms with Crippen molar-refractivity contribution in [1.29, 1.82) is 0 Å². The van der Waals surface area contributed by atoms with E-state index in [9.17, 15) is 22.8 Å². The van der Waals surface area contributed by atoms with Crippen LogP contribution in [-0.2, 0) is 17.4 Å². The average molecular weight is 478 g/mol. The summed E-state index contributed by atoms with van der Waals surface area (Å²) in [6, 6.07) is 8.34. The number of aromatic nitrogens is 1. The minimum atomic E-state index is -4.40. The molecule has 5 rings (SSSR count). The number of fused-ring (bicyclic) bond motifs is 1. The molecular weight excluding hydrogens is 455 g/mol. The third-order valence-electron chi connectivity index (χ3n) is 6.40. The molecule has 2 fully saturated rings. The third kappa shape index (κ3) is 4.53. The first-order chi connectivity index (χ1) is 15.8. The molecule has 10 heteroatoms. The second-order valence-electron chi connectivity index (χ2n) is 8.55. The van der Waals surface area contributed by atoms with Crippen molar-refractivity contribution in [2.24, 2.45) is 0 Å². The van der Waals surface area contributed by atoms with E-state index in [1.54, 1.807) is 0 Å². The van der Waals surface area contributed by atoms with Crippen molar-refractivity contribution in [3.8, 4) is 5.75 Å². The van der Waals surface area contributed by atoms with Gasteiger partial charge in [-0.2, -0.15) is 13.2 Å². The number of hydrogen-bond donors (Lipinski definition) is 1. The topological polar surface area (TPSA) is 71.5 Å². The molecule has 174 valence electrons. The summed E-state index contributed by atoms with van der Waals surface area (Å²) >= 11 is 1.06. The molecule has 0 spiro atoms. The number of ether oxygens (including phenoxy) is 1. The number of halogens is 3. The van der Waals surface area contributed by atoms with Gasteiger partial charge in [0.15, 0.2) is 0 Å². The molecule has 1 aromatic heterocycles. The number of nitrogens with zero attached hydrogens (tertiary/aromatic N) is 2. The first kappa shape index (κ1) is 22.1. The summed E-state index contributed by atoms with van der Waals surface area (Å²) in [6.07, 6.45) is -0.308. The highest BCUT2D eigenvalue weighted by Gasteiger charge is 2.41. The number of thioether (sulfide) groups is 1. The lowest BCUT2D eigenvalue weighted by Gasteiger charge is -2.34. The Bertz CT molecular complexity index is 1080. The molecule has 1 N–H and O–H groups in total. The van der Waals surface area contributed by atoms with Crippen molar-refractivity contribution in [3.05, 3.63) is 53.2 Å². The molecule has 2 saturated heterocycles. The van der Waals surface area contributed by atoms with Crippen molar-refractivity contribution in [1.82, 2.24) is 10.3 Å². The molecule has 6 nitrogen and oxygen atoms in total. The molecule has 3 aliphatic rings. The highest BCUT2D eigenvalue weighted by atomic mass is 32.2. The van der Waals surface area contributed by atoms with E-state index in [1.807, 2.05) is 23.1 Å². The molecule has 3 heterocycles. The predicted octanol–water partition coefficient (Wildman–Crippen LogP) is 4.53. The predicted molar refractivity (Wildman–Crippen MR) is 118 cm³/mol. The molecule has 0 bridgehead atoms. The number of hydrogen-bond acceptors (Lipinski definition) is 6. The van der Waals surface area contributed by atoms with E-state index in [0.29, 0.717) is 18.9 Å². The van der Waals surface area contributed by atoms with Gasteiger partial charge in [0.2, 0.25) is 5.91 Å². The molecule has 0 saturated carbocycles. The maximum Gasteiger partial charge on any atom is 0.417 e. The first-order valence-electron chi connectivity index (χ1n) is 10.9. The Kier molecular flexibility index (Phi) is 5.72. The van der Waals surface area contributed by atoms with Gasteiger partial charge < -0.3 is 9.64 Å². The smallest absolute Gasteiger partial charge is 0.417 e. The van der Waals surface area contributed by atoms with E-state index in [2.05, 4.69) is 10.3 Å². The number of carbonyl (C=O) groups excluding carboxylic acids is 2. The number of pyridine rings is 1. The molecule has 3 atom stereocenters. The fraction of sp³-hybridized carbons (Fsp3) is 0.435. The minimum absolute atomic E-state index is 0.0152. The Hall–Kier alpha value is -2.75. The number of rotatable bonds is 4. The number of aryl methyl sites for hydroxylation is 1. The van der Waals surface area contributed by atoms with Crippen molar-refractivity contribution in [2.75, 3.05) is 18.0 Å². The van der Waals surface area contributed by atoms with Gasteiger partial charge in [-0.25, -0.2) is 4.98 Å². The van der Waals surface area contributed by atoms with E-state index in [-0.39, 0.29) is 28.4 Å². The van der Waals surface area contributed by atoms with Crippen LogP contribution in [0.2, 0.25) is 0 Å². The van der Waals surface area contributed by atoms with Gasteiger partial charge in [-0.1, -0.05) is 17.8 Å². The fourth-order valence-corrected chi connectivity index (χ4v) is 5.83. The number of anilines is 1. The van der Waals surface area contributed by atoms with E-state index < -0.39 is 11.7 Å². The van der Waals surface area contributed by atoms with Crippen LogP contribution in [0, 0.1) is 0 Å². The molecule has 1 unspecified atom stereocenters. The van der Waals surface area contributed by atoms with Crippen molar-refractivity contribution in [3.63, 3.8) is 0 Å². The van der Waals surface area contributed by atoms with Crippen LogP contribution >= 0.6 is 11.8 Å². The van der Waals surface area contributed by atoms with Crippen LogP contribution in [0.5, 0.6) is 5.75 Å². The Morgan fingerprint density at radius 2 is 2.00 bits per heavy atom.